The summed E-state index contributed by atoms with van der Waals surface area (Å²) in [5.41, 5.74) is 0.952. The van der Waals surface area contributed by atoms with Crippen molar-refractivity contribution in [1.29, 1.82) is 5.26 Å². The normalized spacial score (nSPS) is 24.4. The molecule has 90 valence electrons. The van der Waals surface area contributed by atoms with Crippen molar-refractivity contribution in [3.63, 3.8) is 0 Å². The summed E-state index contributed by atoms with van der Waals surface area (Å²) in [7, 11) is 0. The van der Waals surface area contributed by atoms with Crippen LogP contribution in [-0.2, 0) is 0 Å². The number of amides is 1. The van der Waals surface area contributed by atoms with Gasteiger partial charge >= 0.3 is 0 Å². The first-order chi connectivity index (χ1) is 8.13. The van der Waals surface area contributed by atoms with E-state index in [1.165, 1.54) is 6.42 Å². The van der Waals surface area contributed by atoms with E-state index in [4.69, 9.17) is 5.26 Å². The van der Waals surface area contributed by atoms with Crippen molar-refractivity contribution in [2.75, 3.05) is 6.54 Å². The Morgan fingerprint density at radius 1 is 1.53 bits per heavy atom. The van der Waals surface area contributed by atoms with Crippen LogP contribution in [0.2, 0.25) is 0 Å². The van der Waals surface area contributed by atoms with E-state index in [0.29, 0.717) is 17.3 Å². The summed E-state index contributed by atoms with van der Waals surface area (Å²) in [6.07, 6.45) is 2.24. The molecule has 1 N–H and O–H groups in total. The molecule has 1 aromatic heterocycles. The van der Waals surface area contributed by atoms with Gasteiger partial charge in [-0.3, -0.25) is 4.79 Å². The fourth-order valence-corrected chi connectivity index (χ4v) is 2.36. The van der Waals surface area contributed by atoms with Crippen molar-refractivity contribution < 1.29 is 4.79 Å². The number of H-pyrrole nitrogens is 1. The molecule has 1 saturated heterocycles. The van der Waals surface area contributed by atoms with Gasteiger partial charge < -0.3 is 9.88 Å². The molecule has 2 heterocycles. The fraction of sp³-hybridized carbons (Fsp3) is 0.538. The molecule has 0 aromatic carbocycles. The summed E-state index contributed by atoms with van der Waals surface area (Å²) in [4.78, 5) is 17.0. The van der Waals surface area contributed by atoms with E-state index >= 15 is 0 Å². The topological polar surface area (TPSA) is 59.9 Å². The van der Waals surface area contributed by atoms with Gasteiger partial charge in [0.1, 0.15) is 17.5 Å². The molecule has 2 rings (SSSR count). The quantitative estimate of drug-likeness (QED) is 0.805. The van der Waals surface area contributed by atoms with Crippen LogP contribution in [-0.4, -0.2) is 28.4 Å². The molecule has 4 nitrogen and oxygen atoms in total. The molecule has 0 saturated carbocycles. The Morgan fingerprint density at radius 3 is 2.94 bits per heavy atom. The third-order valence-electron chi connectivity index (χ3n) is 3.67. The summed E-state index contributed by atoms with van der Waals surface area (Å²) in [5, 5.41) is 8.73. The molecular weight excluding hydrogens is 214 g/mol. The van der Waals surface area contributed by atoms with Gasteiger partial charge in [0.2, 0.25) is 0 Å². The van der Waals surface area contributed by atoms with Gasteiger partial charge in [-0.2, -0.15) is 5.26 Å². The van der Waals surface area contributed by atoms with Gasteiger partial charge in [0.05, 0.1) is 0 Å². The van der Waals surface area contributed by atoms with Gasteiger partial charge in [-0.05, 0) is 37.8 Å². The van der Waals surface area contributed by atoms with Crippen molar-refractivity contribution in [3.8, 4) is 6.07 Å². The van der Waals surface area contributed by atoms with E-state index in [9.17, 15) is 4.79 Å². The molecule has 0 bridgehead atoms. The smallest absolute Gasteiger partial charge is 0.270 e. The van der Waals surface area contributed by atoms with Crippen molar-refractivity contribution >= 4 is 5.91 Å². The highest BCUT2D eigenvalue weighted by atomic mass is 16.2. The number of likely N-dealkylation sites (tertiary alicyclic amines) is 1. The van der Waals surface area contributed by atoms with Crippen LogP contribution in [0.25, 0.3) is 0 Å². The number of carbonyl (C=O) groups excluding carboxylic acids is 1. The predicted molar refractivity (Wildman–Crippen MR) is 64.4 cm³/mol. The van der Waals surface area contributed by atoms with Gasteiger partial charge in [0, 0.05) is 12.6 Å². The Bertz CT molecular complexity index is 457. The summed E-state index contributed by atoms with van der Waals surface area (Å²) >= 11 is 0. The maximum Gasteiger partial charge on any atom is 0.270 e. The molecule has 0 aliphatic carbocycles. The summed E-state index contributed by atoms with van der Waals surface area (Å²) in [6, 6.07) is 5.60. The number of nitrogens with zero attached hydrogens (tertiary/aromatic N) is 2. The van der Waals surface area contributed by atoms with E-state index in [1.54, 1.807) is 12.1 Å². The van der Waals surface area contributed by atoms with Gasteiger partial charge in [-0.1, -0.05) is 6.92 Å². The van der Waals surface area contributed by atoms with Crippen LogP contribution in [0.15, 0.2) is 12.1 Å². The second kappa shape index (κ2) is 4.62. The number of aromatic amines is 1. The molecule has 0 radical (unpaired) electrons. The third kappa shape index (κ3) is 2.19. The minimum Gasteiger partial charge on any atom is -0.342 e. The average Bonchev–Trinajstić information content (AvgIpc) is 2.80. The van der Waals surface area contributed by atoms with Crippen molar-refractivity contribution in [1.82, 2.24) is 9.88 Å². The first-order valence-corrected chi connectivity index (χ1v) is 6.03. The molecule has 1 aliphatic rings. The highest BCUT2D eigenvalue weighted by Crippen LogP contribution is 2.24. The lowest BCUT2D eigenvalue weighted by molar-refractivity contribution is 0.0545. The first kappa shape index (κ1) is 11.7. The zero-order valence-electron chi connectivity index (χ0n) is 10.2. The largest absolute Gasteiger partial charge is 0.342 e. The molecule has 1 aliphatic heterocycles. The standard InChI is InChI=1S/C13H17N3O/c1-9-4-3-7-16(10(9)2)13(17)12-6-5-11(8-14)15-12/h5-6,9-10,15H,3-4,7H2,1-2H3. The fourth-order valence-electron chi connectivity index (χ4n) is 2.36. The minimum atomic E-state index is 0.00514. The number of carbonyl (C=O) groups is 1. The van der Waals surface area contributed by atoms with Crippen molar-refractivity contribution in [2.24, 2.45) is 5.92 Å². The Hall–Kier alpha value is -1.76. The highest BCUT2D eigenvalue weighted by molar-refractivity contribution is 5.93. The lowest BCUT2D eigenvalue weighted by atomic mass is 9.92. The number of rotatable bonds is 1. The SMILES string of the molecule is CC1CCCN(C(=O)c2ccc(C#N)[nH]2)C1C. The molecule has 2 unspecified atom stereocenters. The lowest BCUT2D eigenvalue weighted by Gasteiger charge is -2.37. The number of nitriles is 1. The van der Waals surface area contributed by atoms with Gasteiger partial charge in [-0.15, -0.1) is 0 Å². The first-order valence-electron chi connectivity index (χ1n) is 6.03. The molecule has 17 heavy (non-hydrogen) atoms. The summed E-state index contributed by atoms with van der Waals surface area (Å²) in [5.74, 6) is 0.545. The second-order valence-corrected chi connectivity index (χ2v) is 4.76. The van der Waals surface area contributed by atoms with Crippen LogP contribution in [0.1, 0.15) is 42.9 Å². The van der Waals surface area contributed by atoms with Crippen molar-refractivity contribution in [3.05, 3.63) is 23.5 Å². The molecule has 1 fully saturated rings. The zero-order valence-corrected chi connectivity index (χ0v) is 10.2. The summed E-state index contributed by atoms with van der Waals surface area (Å²) < 4.78 is 0. The molecule has 1 aromatic rings. The number of nitrogens with one attached hydrogen (secondary N) is 1. The monoisotopic (exact) mass is 231 g/mol. The highest BCUT2D eigenvalue weighted by Gasteiger charge is 2.29. The van der Waals surface area contributed by atoms with Crippen LogP contribution >= 0.6 is 0 Å². The van der Waals surface area contributed by atoms with Crippen LogP contribution < -0.4 is 0 Å². The van der Waals surface area contributed by atoms with Gasteiger partial charge in [0.25, 0.3) is 5.91 Å². The Morgan fingerprint density at radius 2 is 2.29 bits per heavy atom. The van der Waals surface area contributed by atoms with Crippen molar-refractivity contribution in [2.45, 2.75) is 32.7 Å². The zero-order chi connectivity index (χ0) is 12.4. The Kier molecular flexibility index (Phi) is 3.19. The molecule has 4 heteroatoms. The second-order valence-electron chi connectivity index (χ2n) is 4.76. The van der Waals surface area contributed by atoms with Crippen LogP contribution in [0, 0.1) is 17.2 Å². The van der Waals surface area contributed by atoms with Crippen LogP contribution in [0.5, 0.6) is 0 Å². The van der Waals surface area contributed by atoms with E-state index < -0.39 is 0 Å². The number of aromatic nitrogens is 1. The van der Waals surface area contributed by atoms with E-state index in [1.807, 2.05) is 11.0 Å². The van der Waals surface area contributed by atoms with Crippen LogP contribution in [0.4, 0.5) is 0 Å². The maximum absolute atomic E-state index is 12.3. The van der Waals surface area contributed by atoms with Gasteiger partial charge in [-0.25, -0.2) is 0 Å². The van der Waals surface area contributed by atoms with Gasteiger partial charge in [0.15, 0.2) is 0 Å². The number of piperidine rings is 1. The lowest BCUT2D eigenvalue weighted by Crippen LogP contribution is -2.46. The Balaban J connectivity index is 2.17. The molecule has 0 spiro atoms. The van der Waals surface area contributed by atoms with E-state index in [0.717, 1.165) is 13.0 Å². The third-order valence-corrected chi connectivity index (χ3v) is 3.67. The van der Waals surface area contributed by atoms with Crippen LogP contribution in [0.3, 0.4) is 0 Å². The Labute approximate surface area is 101 Å². The number of hydrogen-bond acceptors (Lipinski definition) is 2. The minimum absolute atomic E-state index is 0.00514. The number of hydrogen-bond donors (Lipinski definition) is 1. The predicted octanol–water partition coefficient (Wildman–Crippen LogP) is 2.15. The van der Waals surface area contributed by atoms with E-state index in [2.05, 4.69) is 18.8 Å². The summed E-state index contributed by atoms with van der Waals surface area (Å²) in [6.45, 7) is 5.08. The maximum atomic E-state index is 12.3. The molecule has 2 atom stereocenters. The molecule has 1 amide bonds. The average molecular weight is 231 g/mol. The molecular formula is C13H17N3O. The van der Waals surface area contributed by atoms with E-state index in [-0.39, 0.29) is 11.9 Å².